The van der Waals surface area contributed by atoms with E-state index in [2.05, 4.69) is 58.0 Å². The van der Waals surface area contributed by atoms with Crippen molar-refractivity contribution < 1.29 is 9.52 Å². The second kappa shape index (κ2) is 11.8. The summed E-state index contributed by atoms with van der Waals surface area (Å²) in [7, 11) is 0. The Morgan fingerprint density at radius 1 is 1.07 bits per heavy atom. The number of pyridine rings is 1. The fourth-order valence-corrected chi connectivity index (χ4v) is 5.78. The first kappa shape index (κ1) is 29.4. The van der Waals surface area contributed by atoms with Gasteiger partial charge in [0.1, 0.15) is 11.0 Å². The summed E-state index contributed by atoms with van der Waals surface area (Å²) in [5.74, 6) is 3.34. The quantitative estimate of drug-likeness (QED) is 0.194. The Kier molecular flexibility index (Phi) is 7.89. The van der Waals surface area contributed by atoms with E-state index in [1.165, 1.54) is 16.4 Å². The van der Waals surface area contributed by atoms with E-state index in [4.69, 9.17) is 9.40 Å². The second-order valence-corrected chi connectivity index (χ2v) is 12.3. The molecule has 1 fully saturated rings. The van der Waals surface area contributed by atoms with E-state index in [9.17, 15) is 9.90 Å². The highest BCUT2D eigenvalue weighted by Gasteiger charge is 2.28. The highest BCUT2D eigenvalue weighted by molar-refractivity contribution is 5.77. The zero-order valence-electron chi connectivity index (χ0n) is 25.6. The van der Waals surface area contributed by atoms with Gasteiger partial charge < -0.3 is 14.8 Å². The summed E-state index contributed by atoms with van der Waals surface area (Å²) in [6, 6.07) is 13.7. The van der Waals surface area contributed by atoms with Gasteiger partial charge in [-0.1, -0.05) is 38.1 Å². The predicted octanol–water partition coefficient (Wildman–Crippen LogP) is 6.08. The van der Waals surface area contributed by atoms with Crippen LogP contribution in [-0.2, 0) is 12.1 Å². The van der Waals surface area contributed by atoms with E-state index in [0.29, 0.717) is 46.2 Å². The van der Waals surface area contributed by atoms with Crippen LogP contribution in [0, 0.1) is 0 Å². The van der Waals surface area contributed by atoms with Crippen molar-refractivity contribution in [1.82, 2.24) is 34.5 Å². The van der Waals surface area contributed by atoms with Crippen LogP contribution >= 0.6 is 0 Å². The number of benzene rings is 1. The van der Waals surface area contributed by atoms with Crippen LogP contribution in [-0.4, -0.2) is 39.6 Å². The smallest absolute Gasteiger partial charge is 0.278 e. The van der Waals surface area contributed by atoms with E-state index in [1.54, 1.807) is 42.8 Å². The number of nitrogens with zero attached hydrogens (tertiary/aromatic N) is 7. The first-order valence-electron chi connectivity index (χ1n) is 15.1. The minimum Gasteiger partial charge on any atom is -0.425 e. The molecule has 6 rings (SSSR count). The Morgan fingerprint density at radius 3 is 2.45 bits per heavy atom. The van der Waals surface area contributed by atoms with Crippen LogP contribution in [0.15, 0.2) is 70.5 Å². The number of allylic oxidation sites excluding steroid dienone is 1. The Bertz CT molecular complexity index is 1840. The molecular formula is C33H38N8O3. The van der Waals surface area contributed by atoms with Gasteiger partial charge in [-0.3, -0.25) is 4.79 Å². The molecule has 0 saturated heterocycles. The summed E-state index contributed by atoms with van der Waals surface area (Å²) in [5.41, 5.74) is 1.62. The topological polar surface area (TPSA) is 137 Å². The lowest BCUT2D eigenvalue weighted by Crippen LogP contribution is -2.23. The van der Waals surface area contributed by atoms with E-state index in [0.717, 1.165) is 37.3 Å². The van der Waals surface area contributed by atoms with Crippen molar-refractivity contribution in [2.75, 3.05) is 5.32 Å². The molecule has 1 aromatic carbocycles. The van der Waals surface area contributed by atoms with Crippen molar-refractivity contribution in [3.8, 4) is 5.82 Å². The van der Waals surface area contributed by atoms with Gasteiger partial charge in [0.05, 0.1) is 12.2 Å². The molecule has 228 valence electrons. The van der Waals surface area contributed by atoms with Crippen LogP contribution in [0.5, 0.6) is 0 Å². The molecule has 2 N–H and O–H groups in total. The lowest BCUT2D eigenvalue weighted by atomic mass is 9.78. The molecule has 0 bridgehead atoms. The summed E-state index contributed by atoms with van der Waals surface area (Å²) in [6.45, 7) is 11.5. The standard InChI is InChI=1S/C33H38N8O3/c1-6-18-40-31(42)25-19-34-32(37-28(25)41(40)27-9-7-8-26(36-27)33(4,5)43)35-24-16-14-22(15-17-24)21-10-12-23(13-11-21)30-39-38-29(44-30)20(2)3/h6-9,14-17,19-21,23,43H,1,10-13,18H2,2-5H3,(H,34,35,37). The molecule has 11 heteroatoms. The maximum absolute atomic E-state index is 13.3. The second-order valence-electron chi connectivity index (χ2n) is 12.3. The fourth-order valence-electron chi connectivity index (χ4n) is 5.78. The highest BCUT2D eigenvalue weighted by Crippen LogP contribution is 2.40. The monoisotopic (exact) mass is 594 g/mol. The number of rotatable bonds is 9. The molecule has 5 aromatic rings. The Hall–Kier alpha value is -4.64. The molecule has 1 aliphatic carbocycles. The Balaban J connectivity index is 1.21. The summed E-state index contributed by atoms with van der Waals surface area (Å²) in [4.78, 5) is 27.1. The normalized spacial score (nSPS) is 17.3. The number of anilines is 2. The number of aromatic nitrogens is 7. The number of fused-ring (bicyclic) bond motifs is 1. The predicted molar refractivity (Wildman–Crippen MR) is 168 cm³/mol. The minimum absolute atomic E-state index is 0.240. The maximum atomic E-state index is 13.3. The molecule has 11 nitrogen and oxygen atoms in total. The summed E-state index contributed by atoms with van der Waals surface area (Å²) in [5, 5.41) is 22.7. The van der Waals surface area contributed by atoms with Crippen LogP contribution in [0.1, 0.15) is 94.2 Å². The van der Waals surface area contributed by atoms with Gasteiger partial charge >= 0.3 is 0 Å². The van der Waals surface area contributed by atoms with Crippen LogP contribution in [0.4, 0.5) is 11.6 Å². The van der Waals surface area contributed by atoms with Crippen molar-refractivity contribution in [1.29, 1.82) is 0 Å². The van der Waals surface area contributed by atoms with E-state index in [1.807, 2.05) is 12.1 Å². The van der Waals surface area contributed by atoms with E-state index in [-0.39, 0.29) is 18.0 Å². The highest BCUT2D eigenvalue weighted by atomic mass is 16.4. The first-order valence-corrected chi connectivity index (χ1v) is 15.1. The summed E-state index contributed by atoms with van der Waals surface area (Å²) in [6.07, 6.45) is 7.36. The number of hydrogen-bond acceptors (Lipinski definition) is 9. The van der Waals surface area contributed by atoms with Crippen molar-refractivity contribution in [2.24, 2.45) is 0 Å². The van der Waals surface area contributed by atoms with Gasteiger partial charge in [0.2, 0.25) is 17.7 Å². The number of nitrogens with one attached hydrogen (secondary N) is 1. The third-order valence-corrected chi connectivity index (χ3v) is 8.22. The average Bonchev–Trinajstić information content (AvgIpc) is 3.61. The molecule has 0 spiro atoms. The molecular weight excluding hydrogens is 556 g/mol. The maximum Gasteiger partial charge on any atom is 0.278 e. The van der Waals surface area contributed by atoms with Crippen LogP contribution in [0.2, 0.25) is 0 Å². The van der Waals surface area contributed by atoms with Gasteiger partial charge in [-0.25, -0.2) is 19.3 Å². The first-order chi connectivity index (χ1) is 21.1. The lowest BCUT2D eigenvalue weighted by molar-refractivity contribution is 0.0738. The van der Waals surface area contributed by atoms with E-state index < -0.39 is 5.60 Å². The largest absolute Gasteiger partial charge is 0.425 e. The third kappa shape index (κ3) is 5.79. The molecule has 1 saturated carbocycles. The molecule has 0 unspecified atom stereocenters. The van der Waals surface area contributed by atoms with Crippen molar-refractivity contribution in [3.05, 3.63) is 94.7 Å². The van der Waals surface area contributed by atoms with Crippen molar-refractivity contribution >= 4 is 22.7 Å². The van der Waals surface area contributed by atoms with Gasteiger partial charge in [-0.15, -0.1) is 16.8 Å². The third-order valence-electron chi connectivity index (χ3n) is 8.22. The van der Waals surface area contributed by atoms with Gasteiger partial charge in [-0.05, 0) is 75.3 Å². The van der Waals surface area contributed by atoms with Gasteiger partial charge in [0.15, 0.2) is 11.5 Å². The summed E-state index contributed by atoms with van der Waals surface area (Å²) < 4.78 is 9.08. The Morgan fingerprint density at radius 2 is 1.80 bits per heavy atom. The van der Waals surface area contributed by atoms with Gasteiger partial charge in [-0.2, -0.15) is 4.98 Å². The minimum atomic E-state index is -1.15. The molecule has 4 heterocycles. The molecule has 44 heavy (non-hydrogen) atoms. The van der Waals surface area contributed by atoms with E-state index >= 15 is 0 Å². The van der Waals surface area contributed by atoms with Gasteiger partial charge in [0, 0.05) is 23.7 Å². The average molecular weight is 595 g/mol. The van der Waals surface area contributed by atoms with Crippen LogP contribution < -0.4 is 10.9 Å². The molecule has 1 aliphatic rings. The zero-order valence-corrected chi connectivity index (χ0v) is 25.6. The lowest BCUT2D eigenvalue weighted by Gasteiger charge is -2.27. The fraction of sp³-hybridized carbons (Fsp3) is 0.394. The zero-order chi connectivity index (χ0) is 31.0. The number of hydrogen-bond donors (Lipinski definition) is 2. The van der Waals surface area contributed by atoms with Crippen LogP contribution in [0.25, 0.3) is 16.9 Å². The Labute approximate surface area is 255 Å². The molecule has 0 atom stereocenters. The summed E-state index contributed by atoms with van der Waals surface area (Å²) >= 11 is 0. The van der Waals surface area contributed by atoms with Crippen LogP contribution in [0.3, 0.4) is 0 Å². The van der Waals surface area contributed by atoms with Gasteiger partial charge in [0.25, 0.3) is 5.56 Å². The molecule has 4 aromatic heterocycles. The molecule has 0 amide bonds. The SMILES string of the molecule is C=CCn1c(=O)c2cnc(Nc3ccc(C4CCC(c5nnc(C(C)C)o5)CC4)cc3)nc2n1-c1cccc(C(C)(C)O)n1. The number of aliphatic hydroxyl groups is 1. The van der Waals surface area contributed by atoms with Crippen molar-refractivity contribution in [2.45, 2.75) is 83.3 Å². The van der Waals surface area contributed by atoms with Crippen molar-refractivity contribution in [3.63, 3.8) is 0 Å². The molecule has 0 aliphatic heterocycles. The molecule has 0 radical (unpaired) electrons.